The van der Waals surface area contributed by atoms with E-state index in [1.54, 1.807) is 13.3 Å². The van der Waals surface area contributed by atoms with Crippen LogP contribution in [0.3, 0.4) is 0 Å². The summed E-state index contributed by atoms with van der Waals surface area (Å²) in [6.07, 6.45) is 3.83. The SMILES string of the molecule is Cc1cc(O)cc(=O)n1CCC(=O)N[C@@H]1CN(C)C[C@H]1c1cncn1C. The maximum absolute atomic E-state index is 12.5. The average molecular weight is 359 g/mol. The molecule has 8 nitrogen and oxygen atoms in total. The molecular weight excluding hydrogens is 334 g/mol. The number of aryl methyl sites for hydroxylation is 2. The highest BCUT2D eigenvalue weighted by Crippen LogP contribution is 2.26. The van der Waals surface area contributed by atoms with Crippen molar-refractivity contribution in [2.24, 2.45) is 7.05 Å². The number of carbonyl (C=O) groups is 1. The normalized spacial score (nSPS) is 20.4. The Balaban J connectivity index is 1.64. The molecule has 0 radical (unpaired) electrons. The number of rotatable bonds is 5. The van der Waals surface area contributed by atoms with E-state index < -0.39 is 0 Å². The first-order chi connectivity index (χ1) is 12.3. The van der Waals surface area contributed by atoms with Gasteiger partial charge in [-0.15, -0.1) is 0 Å². The maximum atomic E-state index is 12.5. The molecule has 8 heteroatoms. The summed E-state index contributed by atoms with van der Waals surface area (Å²) in [4.78, 5) is 30.8. The molecule has 0 aliphatic carbocycles. The highest BCUT2D eigenvalue weighted by atomic mass is 16.3. The van der Waals surface area contributed by atoms with Gasteiger partial charge in [0, 0.05) is 62.7 Å². The van der Waals surface area contributed by atoms with Gasteiger partial charge in [-0.25, -0.2) is 4.98 Å². The molecular formula is C18H25N5O3. The minimum atomic E-state index is -0.302. The standard InChI is InChI=1S/C18H25N5O3/c1-12-6-13(24)7-18(26)23(12)5-4-17(25)20-15-10-21(2)9-14(15)16-8-19-11-22(16)3/h6-8,11,14-15,24H,4-5,9-10H2,1-3H3,(H,20,25)/t14-,15-/m1/s1. The monoisotopic (exact) mass is 359 g/mol. The van der Waals surface area contributed by atoms with Gasteiger partial charge in [0.25, 0.3) is 5.56 Å². The topological polar surface area (TPSA) is 92.4 Å². The van der Waals surface area contributed by atoms with E-state index in [9.17, 15) is 14.7 Å². The Labute approximate surface area is 152 Å². The maximum Gasteiger partial charge on any atom is 0.254 e. The Kier molecular flexibility index (Phi) is 5.13. The molecule has 1 fully saturated rings. The van der Waals surface area contributed by atoms with Crippen molar-refractivity contribution in [3.05, 3.63) is 46.4 Å². The van der Waals surface area contributed by atoms with Crippen LogP contribution in [0, 0.1) is 6.92 Å². The summed E-state index contributed by atoms with van der Waals surface area (Å²) in [5.41, 5.74) is 1.44. The minimum Gasteiger partial charge on any atom is -0.508 e. The zero-order chi connectivity index (χ0) is 18.8. The van der Waals surface area contributed by atoms with Crippen molar-refractivity contribution in [2.45, 2.75) is 31.8 Å². The zero-order valence-electron chi connectivity index (χ0n) is 15.3. The fourth-order valence-corrected chi connectivity index (χ4v) is 3.66. The lowest BCUT2D eigenvalue weighted by Crippen LogP contribution is -2.40. The van der Waals surface area contributed by atoms with Crippen LogP contribution in [0.25, 0.3) is 0 Å². The first-order valence-corrected chi connectivity index (χ1v) is 8.69. The van der Waals surface area contributed by atoms with Gasteiger partial charge < -0.3 is 24.5 Å². The van der Waals surface area contributed by atoms with Gasteiger partial charge in [0.05, 0.1) is 12.4 Å². The van der Waals surface area contributed by atoms with Gasteiger partial charge in [0.1, 0.15) is 5.75 Å². The number of likely N-dealkylation sites (N-methyl/N-ethyl adjacent to an activating group) is 1. The van der Waals surface area contributed by atoms with E-state index in [4.69, 9.17) is 0 Å². The van der Waals surface area contributed by atoms with Crippen molar-refractivity contribution >= 4 is 5.91 Å². The third-order valence-corrected chi connectivity index (χ3v) is 4.97. The number of imidazole rings is 1. The molecule has 2 N–H and O–H groups in total. The Morgan fingerprint density at radius 1 is 1.35 bits per heavy atom. The Morgan fingerprint density at radius 2 is 2.12 bits per heavy atom. The highest BCUT2D eigenvalue weighted by Gasteiger charge is 2.34. The zero-order valence-corrected chi connectivity index (χ0v) is 15.3. The number of nitrogens with one attached hydrogen (secondary N) is 1. The van der Waals surface area contributed by atoms with Crippen LogP contribution in [0.1, 0.15) is 23.7 Å². The number of likely N-dealkylation sites (tertiary alicyclic amines) is 1. The number of carbonyl (C=O) groups excluding carboxylic acids is 1. The molecule has 1 aliphatic rings. The summed E-state index contributed by atoms with van der Waals surface area (Å²) in [6, 6.07) is 2.69. The molecule has 1 aliphatic heterocycles. The molecule has 140 valence electrons. The summed E-state index contributed by atoms with van der Waals surface area (Å²) < 4.78 is 3.49. The first-order valence-electron chi connectivity index (χ1n) is 8.69. The highest BCUT2D eigenvalue weighted by molar-refractivity contribution is 5.76. The van der Waals surface area contributed by atoms with Crippen LogP contribution in [-0.4, -0.2) is 56.2 Å². The van der Waals surface area contributed by atoms with Gasteiger partial charge in [-0.05, 0) is 20.0 Å². The van der Waals surface area contributed by atoms with Crippen LogP contribution < -0.4 is 10.9 Å². The van der Waals surface area contributed by atoms with Gasteiger partial charge in [0.15, 0.2) is 0 Å². The second-order valence-corrected chi connectivity index (χ2v) is 7.03. The molecule has 0 spiro atoms. The third-order valence-electron chi connectivity index (χ3n) is 4.97. The molecule has 0 aromatic carbocycles. The van der Waals surface area contributed by atoms with Crippen LogP contribution in [0.5, 0.6) is 5.75 Å². The molecule has 3 rings (SSSR count). The first kappa shape index (κ1) is 18.2. The van der Waals surface area contributed by atoms with Gasteiger partial charge in [-0.3, -0.25) is 9.59 Å². The molecule has 0 bridgehead atoms. The largest absolute Gasteiger partial charge is 0.508 e. The van der Waals surface area contributed by atoms with Gasteiger partial charge in [-0.1, -0.05) is 0 Å². The predicted molar refractivity (Wildman–Crippen MR) is 97.1 cm³/mol. The number of amides is 1. The van der Waals surface area contributed by atoms with Crippen molar-refractivity contribution < 1.29 is 9.90 Å². The van der Waals surface area contributed by atoms with E-state index in [1.807, 2.05) is 24.9 Å². The van der Waals surface area contributed by atoms with Crippen LogP contribution in [-0.2, 0) is 18.4 Å². The molecule has 2 aromatic heterocycles. The van der Waals surface area contributed by atoms with Crippen molar-refractivity contribution in [3.8, 4) is 5.75 Å². The quantitative estimate of drug-likeness (QED) is 0.796. The molecule has 3 heterocycles. The Morgan fingerprint density at radius 3 is 2.77 bits per heavy atom. The third kappa shape index (κ3) is 3.80. The van der Waals surface area contributed by atoms with E-state index in [-0.39, 0.29) is 42.1 Å². The van der Waals surface area contributed by atoms with E-state index >= 15 is 0 Å². The minimum absolute atomic E-state index is 0.0144. The lowest BCUT2D eigenvalue weighted by Gasteiger charge is -2.20. The second-order valence-electron chi connectivity index (χ2n) is 7.03. The van der Waals surface area contributed by atoms with Gasteiger partial charge >= 0.3 is 0 Å². The lowest BCUT2D eigenvalue weighted by molar-refractivity contribution is -0.122. The van der Waals surface area contributed by atoms with Crippen molar-refractivity contribution in [1.29, 1.82) is 0 Å². The van der Waals surface area contributed by atoms with E-state index in [0.29, 0.717) is 5.69 Å². The molecule has 1 amide bonds. The van der Waals surface area contributed by atoms with E-state index in [0.717, 1.165) is 24.8 Å². The smallest absolute Gasteiger partial charge is 0.254 e. The van der Waals surface area contributed by atoms with E-state index in [1.165, 1.54) is 10.6 Å². The number of aromatic hydroxyl groups is 1. The fourth-order valence-electron chi connectivity index (χ4n) is 3.66. The number of aromatic nitrogens is 3. The van der Waals surface area contributed by atoms with Crippen LogP contribution >= 0.6 is 0 Å². The van der Waals surface area contributed by atoms with Gasteiger partial charge in [0.2, 0.25) is 5.91 Å². The van der Waals surface area contributed by atoms with Crippen LogP contribution in [0.4, 0.5) is 0 Å². The predicted octanol–water partition coefficient (Wildman–Crippen LogP) is 0.200. The van der Waals surface area contributed by atoms with Crippen LogP contribution in [0.2, 0.25) is 0 Å². The molecule has 0 unspecified atom stereocenters. The molecule has 1 saturated heterocycles. The number of pyridine rings is 1. The molecule has 2 aromatic rings. The summed E-state index contributed by atoms with van der Waals surface area (Å²) in [5, 5.41) is 12.6. The second kappa shape index (κ2) is 7.33. The molecule has 26 heavy (non-hydrogen) atoms. The number of hydrogen-bond donors (Lipinski definition) is 2. The van der Waals surface area contributed by atoms with Crippen molar-refractivity contribution in [2.75, 3.05) is 20.1 Å². The van der Waals surface area contributed by atoms with Crippen molar-refractivity contribution in [1.82, 2.24) is 24.3 Å². The summed E-state index contributed by atoms with van der Waals surface area (Å²) in [5.74, 6) is 0.0487. The Bertz CT molecular complexity index is 857. The molecule has 0 saturated carbocycles. The summed E-state index contributed by atoms with van der Waals surface area (Å²) in [7, 11) is 3.99. The fraction of sp³-hybridized carbons (Fsp3) is 0.500. The number of nitrogens with zero attached hydrogens (tertiary/aromatic N) is 4. The van der Waals surface area contributed by atoms with Crippen LogP contribution in [0.15, 0.2) is 29.5 Å². The summed E-state index contributed by atoms with van der Waals surface area (Å²) >= 11 is 0. The summed E-state index contributed by atoms with van der Waals surface area (Å²) in [6.45, 7) is 3.67. The van der Waals surface area contributed by atoms with E-state index in [2.05, 4.69) is 15.2 Å². The number of hydrogen-bond acceptors (Lipinski definition) is 5. The van der Waals surface area contributed by atoms with Gasteiger partial charge in [-0.2, -0.15) is 0 Å². The molecule has 2 atom stereocenters. The average Bonchev–Trinajstić information content (AvgIpc) is 3.11. The lowest BCUT2D eigenvalue weighted by atomic mass is 10.00. The Hall–Kier alpha value is -2.61. The van der Waals surface area contributed by atoms with Crippen molar-refractivity contribution in [3.63, 3.8) is 0 Å².